The molecule has 108 valence electrons. The van der Waals surface area contributed by atoms with E-state index in [0.717, 1.165) is 18.0 Å². The van der Waals surface area contributed by atoms with Gasteiger partial charge in [-0.1, -0.05) is 32.3 Å². The third kappa shape index (κ3) is 3.74. The Labute approximate surface area is 121 Å². The summed E-state index contributed by atoms with van der Waals surface area (Å²) in [6.07, 6.45) is 6.58. The number of methoxy groups -OCH3 is 1. The molecule has 20 heavy (non-hydrogen) atoms. The molecular weight excluding hydrogens is 248 g/mol. The van der Waals surface area contributed by atoms with Crippen molar-refractivity contribution < 1.29 is 4.74 Å². The minimum Gasteiger partial charge on any atom is -0.495 e. The molecule has 3 nitrogen and oxygen atoms in total. The van der Waals surface area contributed by atoms with E-state index >= 15 is 0 Å². The molecule has 1 aliphatic carbocycles. The van der Waals surface area contributed by atoms with Crippen molar-refractivity contribution in [3.8, 4) is 11.8 Å². The van der Waals surface area contributed by atoms with Crippen molar-refractivity contribution in [3.05, 3.63) is 29.3 Å². The number of nitrogens with zero attached hydrogens (tertiary/aromatic N) is 1. The highest BCUT2D eigenvalue weighted by molar-refractivity contribution is 5.45. The Bertz CT molecular complexity index is 478. The minimum absolute atomic E-state index is 0.613. The summed E-state index contributed by atoms with van der Waals surface area (Å²) in [5.74, 6) is 1.53. The molecular formula is C17H24N2O. The summed E-state index contributed by atoms with van der Waals surface area (Å²) in [6.45, 7) is 3.12. The van der Waals surface area contributed by atoms with Crippen LogP contribution in [0.15, 0.2) is 18.2 Å². The SMILES string of the molecule is CCC1CCCC(NCc2ccc(OC)c(C#N)c2)C1. The third-order valence-electron chi connectivity index (χ3n) is 4.34. The van der Waals surface area contributed by atoms with Gasteiger partial charge in [-0.25, -0.2) is 0 Å². The lowest BCUT2D eigenvalue weighted by Gasteiger charge is -2.29. The van der Waals surface area contributed by atoms with Crippen LogP contribution < -0.4 is 10.1 Å². The molecule has 0 aromatic heterocycles. The lowest BCUT2D eigenvalue weighted by Crippen LogP contribution is -2.33. The topological polar surface area (TPSA) is 45.0 Å². The average Bonchev–Trinajstić information content (AvgIpc) is 2.52. The van der Waals surface area contributed by atoms with Gasteiger partial charge >= 0.3 is 0 Å². The van der Waals surface area contributed by atoms with Gasteiger partial charge < -0.3 is 10.1 Å². The van der Waals surface area contributed by atoms with E-state index in [9.17, 15) is 0 Å². The van der Waals surface area contributed by atoms with Crippen molar-refractivity contribution in [3.63, 3.8) is 0 Å². The first-order valence-corrected chi connectivity index (χ1v) is 7.57. The molecule has 0 heterocycles. The van der Waals surface area contributed by atoms with Crippen molar-refractivity contribution in [2.24, 2.45) is 5.92 Å². The average molecular weight is 272 g/mol. The van der Waals surface area contributed by atoms with Crippen LogP contribution in [0.2, 0.25) is 0 Å². The molecule has 0 saturated heterocycles. The number of benzene rings is 1. The molecule has 0 spiro atoms. The Morgan fingerprint density at radius 2 is 2.25 bits per heavy atom. The number of hydrogen-bond donors (Lipinski definition) is 1. The summed E-state index contributed by atoms with van der Waals surface area (Å²) in [7, 11) is 1.60. The predicted octanol–water partition coefficient (Wildman–Crippen LogP) is 3.63. The zero-order chi connectivity index (χ0) is 14.4. The van der Waals surface area contributed by atoms with E-state index in [0.29, 0.717) is 17.4 Å². The lowest BCUT2D eigenvalue weighted by atomic mass is 9.84. The number of hydrogen-bond acceptors (Lipinski definition) is 3. The summed E-state index contributed by atoms with van der Waals surface area (Å²) in [6, 6.07) is 8.65. The first-order valence-electron chi connectivity index (χ1n) is 7.57. The highest BCUT2D eigenvalue weighted by Crippen LogP contribution is 2.27. The largest absolute Gasteiger partial charge is 0.495 e. The summed E-state index contributed by atoms with van der Waals surface area (Å²) < 4.78 is 5.17. The number of ether oxygens (including phenoxy) is 1. The maximum atomic E-state index is 9.11. The maximum absolute atomic E-state index is 9.11. The van der Waals surface area contributed by atoms with Crippen molar-refractivity contribution in [1.29, 1.82) is 5.26 Å². The van der Waals surface area contributed by atoms with Gasteiger partial charge in [0.25, 0.3) is 0 Å². The van der Waals surface area contributed by atoms with Crippen LogP contribution in [0.3, 0.4) is 0 Å². The second kappa shape index (κ2) is 7.31. The summed E-state index contributed by atoms with van der Waals surface area (Å²) in [5.41, 5.74) is 1.77. The molecule has 0 radical (unpaired) electrons. The van der Waals surface area contributed by atoms with Crippen LogP contribution in [-0.2, 0) is 6.54 Å². The molecule has 1 aromatic rings. The third-order valence-corrected chi connectivity index (χ3v) is 4.34. The molecule has 0 aliphatic heterocycles. The van der Waals surface area contributed by atoms with Crippen LogP contribution in [0.5, 0.6) is 5.75 Å². The number of nitriles is 1. The zero-order valence-corrected chi connectivity index (χ0v) is 12.5. The Morgan fingerprint density at radius 3 is 2.95 bits per heavy atom. The Kier molecular flexibility index (Phi) is 5.43. The molecule has 1 saturated carbocycles. The van der Waals surface area contributed by atoms with Gasteiger partial charge in [0.1, 0.15) is 11.8 Å². The highest BCUT2D eigenvalue weighted by atomic mass is 16.5. The van der Waals surface area contributed by atoms with E-state index in [1.54, 1.807) is 7.11 Å². The Balaban J connectivity index is 1.92. The van der Waals surface area contributed by atoms with Crippen LogP contribution in [0.4, 0.5) is 0 Å². The molecule has 2 rings (SSSR count). The van der Waals surface area contributed by atoms with Crippen LogP contribution in [0.1, 0.15) is 50.2 Å². The van der Waals surface area contributed by atoms with Crippen molar-refractivity contribution >= 4 is 0 Å². The number of nitrogens with one attached hydrogen (secondary N) is 1. The van der Waals surface area contributed by atoms with Gasteiger partial charge in [0.05, 0.1) is 12.7 Å². The molecule has 1 aliphatic rings. The number of rotatable bonds is 5. The van der Waals surface area contributed by atoms with Gasteiger partial charge in [-0.3, -0.25) is 0 Å². The monoisotopic (exact) mass is 272 g/mol. The molecule has 1 aromatic carbocycles. The summed E-state index contributed by atoms with van der Waals surface area (Å²) in [4.78, 5) is 0. The van der Waals surface area contributed by atoms with Crippen LogP contribution >= 0.6 is 0 Å². The first-order chi connectivity index (χ1) is 9.76. The van der Waals surface area contributed by atoms with Gasteiger partial charge in [-0.15, -0.1) is 0 Å². The Morgan fingerprint density at radius 1 is 1.40 bits per heavy atom. The molecule has 1 fully saturated rings. The first kappa shape index (κ1) is 14.9. The van der Waals surface area contributed by atoms with Crippen LogP contribution in [0.25, 0.3) is 0 Å². The van der Waals surface area contributed by atoms with Gasteiger partial charge in [-0.05, 0) is 36.5 Å². The lowest BCUT2D eigenvalue weighted by molar-refractivity contribution is 0.278. The quantitative estimate of drug-likeness (QED) is 0.890. The van der Waals surface area contributed by atoms with E-state index in [1.807, 2.05) is 18.2 Å². The summed E-state index contributed by atoms with van der Waals surface area (Å²) in [5, 5.41) is 12.7. The normalized spacial score (nSPS) is 22.2. The van der Waals surface area contributed by atoms with Gasteiger partial charge in [0.2, 0.25) is 0 Å². The van der Waals surface area contributed by atoms with Crippen molar-refractivity contribution in [1.82, 2.24) is 5.32 Å². The van der Waals surface area contributed by atoms with E-state index in [4.69, 9.17) is 10.00 Å². The second-order valence-electron chi connectivity index (χ2n) is 5.67. The van der Waals surface area contributed by atoms with Crippen molar-refractivity contribution in [2.75, 3.05) is 7.11 Å². The maximum Gasteiger partial charge on any atom is 0.136 e. The van der Waals surface area contributed by atoms with Crippen LogP contribution in [-0.4, -0.2) is 13.2 Å². The molecule has 3 heteroatoms. The smallest absolute Gasteiger partial charge is 0.136 e. The summed E-state index contributed by atoms with van der Waals surface area (Å²) >= 11 is 0. The fourth-order valence-corrected chi connectivity index (χ4v) is 3.06. The fraction of sp³-hybridized carbons (Fsp3) is 0.588. The molecule has 2 atom stereocenters. The van der Waals surface area contributed by atoms with Gasteiger partial charge in [-0.2, -0.15) is 5.26 Å². The zero-order valence-electron chi connectivity index (χ0n) is 12.5. The van der Waals surface area contributed by atoms with Crippen LogP contribution in [0, 0.1) is 17.2 Å². The molecule has 0 bridgehead atoms. The fourth-order valence-electron chi connectivity index (χ4n) is 3.06. The van der Waals surface area contributed by atoms with Gasteiger partial charge in [0.15, 0.2) is 0 Å². The molecule has 2 unspecified atom stereocenters. The second-order valence-corrected chi connectivity index (χ2v) is 5.67. The van der Waals surface area contributed by atoms with Gasteiger partial charge in [0, 0.05) is 12.6 Å². The van der Waals surface area contributed by atoms with E-state index in [2.05, 4.69) is 18.3 Å². The van der Waals surface area contributed by atoms with Crippen molar-refractivity contribution in [2.45, 2.75) is 51.6 Å². The standard InChI is InChI=1S/C17H24N2O/c1-3-13-5-4-6-16(10-13)19-12-14-7-8-17(20-2)15(9-14)11-18/h7-9,13,16,19H,3-6,10,12H2,1-2H3. The molecule has 1 N–H and O–H groups in total. The van der Waals surface area contributed by atoms with E-state index in [1.165, 1.54) is 32.1 Å². The highest BCUT2D eigenvalue weighted by Gasteiger charge is 2.20. The minimum atomic E-state index is 0.613. The van der Waals surface area contributed by atoms with E-state index in [-0.39, 0.29) is 0 Å². The Hall–Kier alpha value is -1.53. The molecule has 0 amide bonds. The predicted molar refractivity (Wildman–Crippen MR) is 80.6 cm³/mol. The van der Waals surface area contributed by atoms with E-state index < -0.39 is 0 Å².